The van der Waals surface area contributed by atoms with Gasteiger partial charge in [0, 0.05) is 17.6 Å². The lowest BCUT2D eigenvalue weighted by Gasteiger charge is -2.37. The summed E-state index contributed by atoms with van der Waals surface area (Å²) in [5.41, 5.74) is 8.17. The Kier molecular flexibility index (Phi) is 5.06. The Morgan fingerprint density at radius 1 is 1.40 bits per heavy atom. The number of benzene rings is 1. The molecule has 0 amide bonds. The lowest BCUT2D eigenvalue weighted by molar-refractivity contribution is 0.122. The zero-order valence-electron chi connectivity index (χ0n) is 13.0. The first-order valence-electron chi connectivity index (χ1n) is 7.83. The number of nitrogens with zero attached hydrogens (tertiary/aromatic N) is 1. The van der Waals surface area contributed by atoms with Crippen molar-refractivity contribution in [1.29, 1.82) is 0 Å². The molecule has 0 heterocycles. The minimum absolute atomic E-state index is 0.233. The molecule has 0 saturated heterocycles. The van der Waals surface area contributed by atoms with E-state index >= 15 is 0 Å². The van der Waals surface area contributed by atoms with Crippen LogP contribution >= 0.6 is 0 Å². The average Bonchev–Trinajstić information content (AvgIpc) is 2.90. The highest BCUT2D eigenvalue weighted by atomic mass is 16.3. The third-order valence-electron chi connectivity index (χ3n) is 4.84. The van der Waals surface area contributed by atoms with Crippen molar-refractivity contribution in [3.05, 3.63) is 29.3 Å². The Hall–Kier alpha value is -1.06. The van der Waals surface area contributed by atoms with E-state index < -0.39 is 0 Å². The minimum atomic E-state index is 0.233. The third kappa shape index (κ3) is 2.99. The van der Waals surface area contributed by atoms with Gasteiger partial charge in [0.15, 0.2) is 0 Å². The van der Waals surface area contributed by atoms with Crippen molar-refractivity contribution in [2.24, 2.45) is 11.7 Å². The summed E-state index contributed by atoms with van der Waals surface area (Å²) in [6.45, 7) is 8.24. The van der Waals surface area contributed by atoms with Crippen LogP contribution in [0.2, 0.25) is 0 Å². The fourth-order valence-corrected chi connectivity index (χ4v) is 3.71. The van der Waals surface area contributed by atoms with Crippen molar-refractivity contribution in [2.45, 2.75) is 52.1 Å². The smallest absolute Gasteiger partial charge is 0.120 e. The van der Waals surface area contributed by atoms with Crippen LogP contribution in [-0.4, -0.2) is 29.1 Å². The molecule has 1 saturated carbocycles. The van der Waals surface area contributed by atoms with Gasteiger partial charge in [-0.05, 0) is 51.8 Å². The number of phenolic OH excluding ortho intramolecular Hbond substituents is 1. The maximum Gasteiger partial charge on any atom is 0.120 e. The van der Waals surface area contributed by atoms with Crippen molar-refractivity contribution in [3.8, 4) is 5.75 Å². The van der Waals surface area contributed by atoms with Crippen LogP contribution in [0.1, 0.15) is 50.3 Å². The van der Waals surface area contributed by atoms with Gasteiger partial charge in [-0.25, -0.2) is 0 Å². The van der Waals surface area contributed by atoms with Gasteiger partial charge in [-0.2, -0.15) is 0 Å². The largest absolute Gasteiger partial charge is 0.508 e. The van der Waals surface area contributed by atoms with Crippen LogP contribution in [0.5, 0.6) is 5.75 Å². The number of aryl methyl sites for hydroxylation is 1. The molecule has 3 atom stereocenters. The summed E-state index contributed by atoms with van der Waals surface area (Å²) in [5, 5.41) is 10.2. The van der Waals surface area contributed by atoms with E-state index in [0.717, 1.165) is 18.7 Å². The van der Waals surface area contributed by atoms with E-state index in [9.17, 15) is 5.11 Å². The van der Waals surface area contributed by atoms with Gasteiger partial charge < -0.3 is 10.8 Å². The van der Waals surface area contributed by atoms with Crippen molar-refractivity contribution in [1.82, 2.24) is 4.90 Å². The molecule has 1 aromatic carbocycles. The molecule has 2 rings (SSSR count). The van der Waals surface area contributed by atoms with Crippen LogP contribution in [0.3, 0.4) is 0 Å². The summed E-state index contributed by atoms with van der Waals surface area (Å²) in [7, 11) is 0. The standard InChI is InChI=1S/C17H28N2O/c1-4-19(16-7-5-6-14(16)11-18)13(3)15-10-12(2)8-9-17(15)20/h8-10,13-14,16,20H,4-7,11,18H2,1-3H3. The molecule has 0 bridgehead atoms. The van der Waals surface area contributed by atoms with Gasteiger partial charge in [0.05, 0.1) is 0 Å². The predicted octanol–water partition coefficient (Wildman–Crippen LogP) is 3.21. The van der Waals surface area contributed by atoms with E-state index in [0.29, 0.717) is 17.7 Å². The fourth-order valence-electron chi connectivity index (χ4n) is 3.71. The summed E-state index contributed by atoms with van der Waals surface area (Å²) in [6.07, 6.45) is 3.74. The second-order valence-electron chi connectivity index (χ2n) is 6.06. The quantitative estimate of drug-likeness (QED) is 0.868. The molecule has 1 aromatic rings. The van der Waals surface area contributed by atoms with E-state index in [1.54, 1.807) is 0 Å². The molecule has 0 radical (unpaired) electrons. The second-order valence-corrected chi connectivity index (χ2v) is 6.06. The summed E-state index contributed by atoms with van der Waals surface area (Å²) in [6, 6.07) is 6.66. The Morgan fingerprint density at radius 2 is 2.15 bits per heavy atom. The molecule has 1 fully saturated rings. The average molecular weight is 276 g/mol. The highest BCUT2D eigenvalue weighted by Gasteiger charge is 2.33. The van der Waals surface area contributed by atoms with Gasteiger partial charge in [0.2, 0.25) is 0 Å². The molecule has 0 aromatic heterocycles. The van der Waals surface area contributed by atoms with Crippen LogP contribution in [0.4, 0.5) is 0 Å². The van der Waals surface area contributed by atoms with Crippen LogP contribution in [-0.2, 0) is 0 Å². The van der Waals surface area contributed by atoms with Crippen molar-refractivity contribution in [2.75, 3.05) is 13.1 Å². The molecule has 0 aliphatic heterocycles. The van der Waals surface area contributed by atoms with Gasteiger partial charge in [-0.1, -0.05) is 31.0 Å². The Balaban J connectivity index is 2.24. The van der Waals surface area contributed by atoms with Crippen LogP contribution in [0.15, 0.2) is 18.2 Å². The monoisotopic (exact) mass is 276 g/mol. The molecule has 3 heteroatoms. The Bertz CT molecular complexity index is 447. The van der Waals surface area contributed by atoms with Crippen molar-refractivity contribution >= 4 is 0 Å². The first-order valence-corrected chi connectivity index (χ1v) is 7.83. The summed E-state index contributed by atoms with van der Waals surface area (Å²) >= 11 is 0. The minimum Gasteiger partial charge on any atom is -0.508 e. The molecule has 20 heavy (non-hydrogen) atoms. The van der Waals surface area contributed by atoms with Crippen LogP contribution in [0, 0.1) is 12.8 Å². The van der Waals surface area contributed by atoms with Gasteiger partial charge >= 0.3 is 0 Å². The number of hydrogen-bond acceptors (Lipinski definition) is 3. The highest BCUT2D eigenvalue weighted by Crippen LogP contribution is 2.36. The number of phenols is 1. The van der Waals surface area contributed by atoms with E-state index in [1.165, 1.54) is 24.8 Å². The van der Waals surface area contributed by atoms with E-state index in [2.05, 4.69) is 31.7 Å². The van der Waals surface area contributed by atoms with Gasteiger partial charge in [-0.15, -0.1) is 0 Å². The molecule has 3 N–H and O–H groups in total. The topological polar surface area (TPSA) is 49.5 Å². The molecule has 3 unspecified atom stereocenters. The number of rotatable bonds is 5. The normalized spacial score (nSPS) is 24.2. The van der Waals surface area contributed by atoms with Gasteiger partial charge in [0.25, 0.3) is 0 Å². The zero-order valence-corrected chi connectivity index (χ0v) is 13.0. The lowest BCUT2D eigenvalue weighted by atomic mass is 9.97. The molecule has 1 aliphatic carbocycles. The maximum atomic E-state index is 10.2. The molecule has 112 valence electrons. The van der Waals surface area contributed by atoms with Crippen molar-refractivity contribution in [3.63, 3.8) is 0 Å². The first-order chi connectivity index (χ1) is 9.58. The Labute approximate surface area is 122 Å². The number of aromatic hydroxyl groups is 1. The maximum absolute atomic E-state index is 10.2. The molecular formula is C17H28N2O. The third-order valence-corrected chi connectivity index (χ3v) is 4.84. The second kappa shape index (κ2) is 6.59. The summed E-state index contributed by atoms with van der Waals surface area (Å²) in [4.78, 5) is 2.51. The number of nitrogens with two attached hydrogens (primary N) is 1. The molecule has 1 aliphatic rings. The lowest BCUT2D eigenvalue weighted by Crippen LogP contribution is -2.41. The summed E-state index contributed by atoms with van der Waals surface area (Å²) < 4.78 is 0. The zero-order chi connectivity index (χ0) is 14.7. The molecule has 0 spiro atoms. The fraction of sp³-hybridized carbons (Fsp3) is 0.647. The van der Waals surface area contributed by atoms with E-state index in [-0.39, 0.29) is 6.04 Å². The van der Waals surface area contributed by atoms with Crippen LogP contribution in [0.25, 0.3) is 0 Å². The number of hydrogen-bond donors (Lipinski definition) is 2. The highest BCUT2D eigenvalue weighted by molar-refractivity contribution is 5.37. The SMILES string of the molecule is CCN(C(C)c1cc(C)ccc1O)C1CCCC1CN. The predicted molar refractivity (Wildman–Crippen MR) is 83.8 cm³/mol. The van der Waals surface area contributed by atoms with Crippen molar-refractivity contribution < 1.29 is 5.11 Å². The van der Waals surface area contributed by atoms with Gasteiger partial charge in [0.1, 0.15) is 5.75 Å². The Morgan fingerprint density at radius 3 is 2.80 bits per heavy atom. The molecular weight excluding hydrogens is 248 g/mol. The van der Waals surface area contributed by atoms with E-state index in [4.69, 9.17) is 5.73 Å². The van der Waals surface area contributed by atoms with E-state index in [1.807, 2.05) is 12.1 Å². The van der Waals surface area contributed by atoms with Gasteiger partial charge in [-0.3, -0.25) is 4.90 Å². The summed E-state index contributed by atoms with van der Waals surface area (Å²) in [5.74, 6) is 1.01. The van der Waals surface area contributed by atoms with Crippen LogP contribution < -0.4 is 5.73 Å². The first kappa shape index (κ1) is 15.3. The molecule has 3 nitrogen and oxygen atoms in total.